The average molecular weight is 275 g/mol. The van der Waals surface area contributed by atoms with Crippen LogP contribution in [0.4, 0.5) is 4.39 Å². The Hall–Kier alpha value is -1.35. The van der Waals surface area contributed by atoms with Crippen LogP contribution in [0.1, 0.15) is 55.9 Å². The van der Waals surface area contributed by atoms with Gasteiger partial charge in [-0.1, -0.05) is 32.1 Å². The van der Waals surface area contributed by atoms with E-state index in [2.05, 4.69) is 0 Å². The highest BCUT2D eigenvalue weighted by molar-refractivity contribution is 5.82. The summed E-state index contributed by atoms with van der Waals surface area (Å²) < 4.78 is 19.2. The third kappa shape index (κ3) is 2.59. The molecule has 0 spiro atoms. The summed E-state index contributed by atoms with van der Waals surface area (Å²) >= 11 is 0. The number of halogens is 1. The minimum atomic E-state index is -0.228. The van der Waals surface area contributed by atoms with Gasteiger partial charge >= 0.3 is 0 Å². The van der Waals surface area contributed by atoms with Crippen LogP contribution >= 0.6 is 0 Å². The van der Waals surface area contributed by atoms with Crippen LogP contribution in [0.15, 0.2) is 22.6 Å². The lowest BCUT2D eigenvalue weighted by atomic mass is 9.84. The summed E-state index contributed by atoms with van der Waals surface area (Å²) in [7, 11) is 0. The first-order valence-electron chi connectivity index (χ1n) is 7.59. The monoisotopic (exact) mass is 275 g/mol. The lowest BCUT2D eigenvalue weighted by Crippen LogP contribution is -2.17. The molecule has 1 aliphatic carbocycles. The maximum absolute atomic E-state index is 13.3. The average Bonchev–Trinajstić information content (AvgIpc) is 2.77. The topological polar surface area (TPSA) is 39.2 Å². The van der Waals surface area contributed by atoms with Crippen molar-refractivity contribution in [3.8, 4) is 0 Å². The standard InChI is InChI=1S/C17H22FNO/c1-11-14-10-13(18)7-8-16(14)20-17(11)15(19)9-12-5-3-2-4-6-12/h7-8,10,12,15H,2-6,9,19H2,1H3. The first kappa shape index (κ1) is 13.6. The zero-order valence-electron chi connectivity index (χ0n) is 12.0. The summed E-state index contributed by atoms with van der Waals surface area (Å²) in [6, 6.07) is 4.58. The first-order valence-corrected chi connectivity index (χ1v) is 7.59. The maximum Gasteiger partial charge on any atom is 0.134 e. The van der Waals surface area contributed by atoms with Crippen LogP contribution in [0.3, 0.4) is 0 Å². The summed E-state index contributed by atoms with van der Waals surface area (Å²) in [6.45, 7) is 1.97. The van der Waals surface area contributed by atoms with E-state index in [9.17, 15) is 4.39 Å². The van der Waals surface area contributed by atoms with Gasteiger partial charge in [-0.2, -0.15) is 0 Å². The molecule has 0 amide bonds. The third-order valence-corrected chi connectivity index (χ3v) is 4.58. The molecule has 0 radical (unpaired) electrons. The number of hydrogen-bond acceptors (Lipinski definition) is 2. The Balaban J connectivity index is 1.83. The fraction of sp³-hybridized carbons (Fsp3) is 0.529. The van der Waals surface area contributed by atoms with Crippen molar-refractivity contribution in [2.75, 3.05) is 0 Å². The summed E-state index contributed by atoms with van der Waals surface area (Å²) in [5, 5.41) is 0.846. The van der Waals surface area contributed by atoms with Gasteiger partial charge in [-0.15, -0.1) is 0 Å². The highest BCUT2D eigenvalue weighted by Gasteiger charge is 2.22. The number of rotatable bonds is 3. The molecule has 1 aromatic heterocycles. The van der Waals surface area contributed by atoms with Gasteiger partial charge in [0.2, 0.25) is 0 Å². The van der Waals surface area contributed by atoms with E-state index in [1.54, 1.807) is 6.07 Å². The Morgan fingerprint density at radius 2 is 2.05 bits per heavy atom. The SMILES string of the molecule is Cc1c(C(N)CC2CCCCC2)oc2ccc(F)cc12. The van der Waals surface area contributed by atoms with Gasteiger partial charge in [0, 0.05) is 10.9 Å². The molecular weight excluding hydrogens is 253 g/mol. The molecule has 0 saturated heterocycles. The van der Waals surface area contributed by atoms with Crippen molar-refractivity contribution < 1.29 is 8.81 Å². The first-order chi connectivity index (χ1) is 9.65. The molecule has 108 valence electrons. The number of furan rings is 1. The van der Waals surface area contributed by atoms with Crippen molar-refractivity contribution >= 4 is 11.0 Å². The minimum Gasteiger partial charge on any atom is -0.459 e. The fourth-order valence-corrected chi connectivity index (χ4v) is 3.45. The molecule has 1 aliphatic rings. The zero-order chi connectivity index (χ0) is 14.1. The molecule has 20 heavy (non-hydrogen) atoms. The van der Waals surface area contributed by atoms with E-state index in [4.69, 9.17) is 10.2 Å². The molecule has 0 aliphatic heterocycles. The van der Waals surface area contributed by atoms with Crippen LogP contribution in [-0.2, 0) is 0 Å². The molecule has 0 bridgehead atoms. The van der Waals surface area contributed by atoms with Crippen LogP contribution in [0.25, 0.3) is 11.0 Å². The Labute approximate surface area is 119 Å². The van der Waals surface area contributed by atoms with Crippen LogP contribution in [0.2, 0.25) is 0 Å². The Kier molecular flexibility index (Phi) is 3.79. The van der Waals surface area contributed by atoms with E-state index >= 15 is 0 Å². The molecule has 1 fully saturated rings. The summed E-state index contributed by atoms with van der Waals surface area (Å²) in [5.74, 6) is 1.31. The predicted octanol–water partition coefficient (Wildman–Crippen LogP) is 4.85. The minimum absolute atomic E-state index is 0.0754. The largest absolute Gasteiger partial charge is 0.459 e. The summed E-state index contributed by atoms with van der Waals surface area (Å²) in [6.07, 6.45) is 7.53. The molecule has 1 saturated carbocycles. The van der Waals surface area contributed by atoms with Crippen LogP contribution in [-0.4, -0.2) is 0 Å². The second-order valence-corrected chi connectivity index (χ2v) is 6.08. The Morgan fingerprint density at radius 3 is 2.80 bits per heavy atom. The number of benzene rings is 1. The maximum atomic E-state index is 13.3. The third-order valence-electron chi connectivity index (χ3n) is 4.58. The van der Waals surface area contributed by atoms with Gasteiger partial charge in [-0.3, -0.25) is 0 Å². The van der Waals surface area contributed by atoms with Gasteiger partial charge in [0.1, 0.15) is 17.2 Å². The highest BCUT2D eigenvalue weighted by Crippen LogP contribution is 2.35. The van der Waals surface area contributed by atoms with Crippen molar-refractivity contribution in [3.63, 3.8) is 0 Å². The number of fused-ring (bicyclic) bond motifs is 1. The van der Waals surface area contributed by atoms with E-state index < -0.39 is 0 Å². The van der Waals surface area contributed by atoms with E-state index in [-0.39, 0.29) is 11.9 Å². The number of aryl methyl sites for hydroxylation is 1. The second kappa shape index (κ2) is 5.57. The van der Waals surface area contributed by atoms with Gasteiger partial charge in [0.15, 0.2) is 0 Å². The summed E-state index contributed by atoms with van der Waals surface area (Å²) in [5.41, 5.74) is 8.06. The van der Waals surface area contributed by atoms with E-state index in [0.29, 0.717) is 5.92 Å². The molecule has 1 aromatic carbocycles. The van der Waals surface area contributed by atoms with Crippen molar-refractivity contribution in [1.29, 1.82) is 0 Å². The smallest absolute Gasteiger partial charge is 0.134 e. The molecular formula is C17H22FNO. The lowest BCUT2D eigenvalue weighted by molar-refractivity contribution is 0.306. The fourth-order valence-electron chi connectivity index (χ4n) is 3.45. The van der Waals surface area contributed by atoms with Crippen LogP contribution < -0.4 is 5.73 Å². The van der Waals surface area contributed by atoms with Gasteiger partial charge in [-0.25, -0.2) is 4.39 Å². The van der Waals surface area contributed by atoms with Crippen LogP contribution in [0, 0.1) is 18.7 Å². The van der Waals surface area contributed by atoms with Crippen LogP contribution in [0.5, 0.6) is 0 Å². The van der Waals surface area contributed by atoms with Crippen molar-refractivity contribution in [1.82, 2.24) is 0 Å². The summed E-state index contributed by atoms with van der Waals surface area (Å²) in [4.78, 5) is 0. The van der Waals surface area contributed by atoms with E-state index in [1.807, 2.05) is 6.92 Å². The quantitative estimate of drug-likeness (QED) is 0.869. The molecule has 1 heterocycles. The molecule has 2 nitrogen and oxygen atoms in total. The zero-order valence-corrected chi connectivity index (χ0v) is 12.0. The van der Waals surface area contributed by atoms with E-state index in [0.717, 1.165) is 28.7 Å². The molecule has 2 aromatic rings. The van der Waals surface area contributed by atoms with Gasteiger partial charge in [0.25, 0.3) is 0 Å². The Bertz CT molecular complexity index is 598. The molecule has 1 unspecified atom stereocenters. The Morgan fingerprint density at radius 1 is 1.30 bits per heavy atom. The highest BCUT2D eigenvalue weighted by atomic mass is 19.1. The molecule has 3 heteroatoms. The molecule has 3 rings (SSSR count). The molecule has 1 atom stereocenters. The molecule has 2 N–H and O–H groups in total. The van der Waals surface area contributed by atoms with E-state index in [1.165, 1.54) is 44.2 Å². The number of hydrogen-bond donors (Lipinski definition) is 1. The predicted molar refractivity (Wildman–Crippen MR) is 79.0 cm³/mol. The van der Waals surface area contributed by atoms with Gasteiger partial charge < -0.3 is 10.2 Å². The van der Waals surface area contributed by atoms with Crippen molar-refractivity contribution in [2.45, 2.75) is 51.5 Å². The van der Waals surface area contributed by atoms with Gasteiger partial charge in [-0.05, 0) is 37.5 Å². The van der Waals surface area contributed by atoms with Gasteiger partial charge in [0.05, 0.1) is 6.04 Å². The van der Waals surface area contributed by atoms with Crippen molar-refractivity contribution in [2.24, 2.45) is 11.7 Å². The normalized spacial score (nSPS) is 18.6. The number of nitrogens with two attached hydrogens (primary N) is 1. The van der Waals surface area contributed by atoms with Crippen molar-refractivity contribution in [3.05, 3.63) is 35.3 Å². The lowest BCUT2D eigenvalue weighted by Gasteiger charge is -2.24. The second-order valence-electron chi connectivity index (χ2n) is 6.08.